The number of alkyl halides is 6. The second-order valence-electron chi connectivity index (χ2n) is 19.9. The number of hydrogen-bond acceptors (Lipinski definition) is 0. The first-order valence-corrected chi connectivity index (χ1v) is 24.0. The number of rotatable bonds is 6. The van der Waals surface area contributed by atoms with Gasteiger partial charge in [0.05, 0.1) is 50.1 Å². The molecule has 0 aliphatic rings. The van der Waals surface area contributed by atoms with Gasteiger partial charge in [-0.25, -0.2) is 0 Å². The Morgan fingerprint density at radius 2 is 0.681 bits per heavy atom. The van der Waals surface area contributed by atoms with E-state index in [-0.39, 0.29) is 11.1 Å². The number of aryl methyl sites for hydroxylation is 4. The Labute approximate surface area is 411 Å². The van der Waals surface area contributed by atoms with Crippen LogP contribution in [0.3, 0.4) is 0 Å². The zero-order valence-corrected chi connectivity index (χ0v) is 40.4. The summed E-state index contributed by atoms with van der Waals surface area (Å²) < 4.78 is 98.0. The summed E-state index contributed by atoms with van der Waals surface area (Å²) in [4.78, 5) is 0. The molecule has 0 N–H and O–H groups in total. The maximum absolute atomic E-state index is 15.2. The second kappa shape index (κ2) is 16.0. The molecule has 9 heteroatoms. The van der Waals surface area contributed by atoms with Crippen LogP contribution in [0.25, 0.3) is 99.0 Å². The molecule has 0 amide bonds. The van der Waals surface area contributed by atoms with E-state index in [0.29, 0.717) is 28.1 Å². The van der Waals surface area contributed by atoms with Crippen LogP contribution in [0.15, 0.2) is 176 Å². The Hall–Kier alpha value is -8.04. The van der Waals surface area contributed by atoms with Gasteiger partial charge >= 0.3 is 12.4 Å². The van der Waals surface area contributed by atoms with Gasteiger partial charge in [-0.1, -0.05) is 107 Å². The lowest BCUT2D eigenvalue weighted by atomic mass is 9.78. The SMILES string of the molecule is Cc1ccc2c(c1)c1cc(C)ccc1n2-c1cc(-n2c3ccc(C)cc3c3cc(C)ccc32)c(-c2cccc(C(F)(F)F)c2)c(C(C)(C)n2c3ccccc3c3ccccc32)c1-c1cccc(C(F)(F)F)c1. The van der Waals surface area contributed by atoms with Crippen molar-refractivity contribution in [2.24, 2.45) is 0 Å². The second-order valence-corrected chi connectivity index (χ2v) is 19.9. The van der Waals surface area contributed by atoms with E-state index in [1.165, 1.54) is 24.3 Å². The molecule has 0 atom stereocenters. The summed E-state index contributed by atoms with van der Waals surface area (Å²) in [5.41, 5.74) is 9.23. The maximum atomic E-state index is 15.2. The number of fused-ring (bicyclic) bond motifs is 9. The van der Waals surface area contributed by atoms with E-state index in [4.69, 9.17) is 0 Å². The standard InChI is InChI=1S/C63H47F6N3/c1-36-21-25-50-46(29-36)47-30-37(2)22-26-51(47)70(50)56-35-57(71-52-27-23-38(3)31-48(52)49-32-39(4)24-28-53(49)71)59(41-14-12-16-43(34-41)63(67,68)69)60(58(56)40-13-11-15-42(33-40)62(64,65)66)61(5,6)72-54-19-9-7-17-44(54)45-18-8-10-20-55(45)72/h7-35H,1-6H3. The molecule has 356 valence electrons. The number of aromatic nitrogens is 3. The first-order valence-electron chi connectivity index (χ1n) is 24.0. The highest BCUT2D eigenvalue weighted by Crippen LogP contribution is 2.53. The van der Waals surface area contributed by atoms with Gasteiger partial charge in [0.25, 0.3) is 0 Å². The van der Waals surface area contributed by atoms with Gasteiger partial charge in [0.2, 0.25) is 0 Å². The molecule has 3 heterocycles. The molecule has 72 heavy (non-hydrogen) atoms. The normalized spacial score (nSPS) is 12.7. The zero-order valence-electron chi connectivity index (χ0n) is 40.4. The first kappa shape index (κ1) is 45.1. The first-order chi connectivity index (χ1) is 34.4. The molecule has 0 radical (unpaired) electrons. The van der Waals surface area contributed by atoms with Crippen LogP contribution in [0.2, 0.25) is 0 Å². The average molecular weight is 960 g/mol. The minimum atomic E-state index is -4.72. The van der Waals surface area contributed by atoms with Gasteiger partial charge in [0.15, 0.2) is 0 Å². The third-order valence-electron chi connectivity index (χ3n) is 14.6. The Morgan fingerprint density at radius 1 is 0.333 bits per heavy atom. The van der Waals surface area contributed by atoms with E-state index in [1.807, 2.05) is 108 Å². The van der Waals surface area contributed by atoms with Crippen molar-refractivity contribution in [2.75, 3.05) is 0 Å². The fourth-order valence-electron chi connectivity index (χ4n) is 11.6. The molecule has 0 saturated heterocycles. The average Bonchev–Trinajstić information content (AvgIpc) is 3.97. The predicted octanol–water partition coefficient (Wildman–Crippen LogP) is 18.4. The highest BCUT2D eigenvalue weighted by molar-refractivity contribution is 6.13. The molecule has 3 nitrogen and oxygen atoms in total. The Balaban J connectivity index is 1.40. The van der Waals surface area contributed by atoms with Crippen LogP contribution in [0, 0.1) is 27.7 Å². The molecule has 3 aromatic heterocycles. The van der Waals surface area contributed by atoms with Gasteiger partial charge in [0, 0.05) is 54.5 Å². The summed E-state index contributed by atoms with van der Waals surface area (Å²) in [6.07, 6.45) is -9.44. The number of nitrogens with zero attached hydrogens (tertiary/aromatic N) is 3. The lowest BCUT2D eigenvalue weighted by Gasteiger charge is -2.37. The van der Waals surface area contributed by atoms with Gasteiger partial charge in [-0.2, -0.15) is 26.3 Å². The van der Waals surface area contributed by atoms with Crippen molar-refractivity contribution < 1.29 is 26.3 Å². The highest BCUT2D eigenvalue weighted by atomic mass is 19.4. The van der Waals surface area contributed by atoms with Crippen molar-refractivity contribution in [1.29, 1.82) is 0 Å². The van der Waals surface area contributed by atoms with Crippen LogP contribution < -0.4 is 0 Å². The molecule has 0 aliphatic carbocycles. The van der Waals surface area contributed by atoms with Gasteiger partial charge in [-0.15, -0.1) is 0 Å². The molecule has 0 spiro atoms. The molecule has 0 aliphatic heterocycles. The number of hydrogen-bond donors (Lipinski definition) is 0. The highest BCUT2D eigenvalue weighted by Gasteiger charge is 2.39. The van der Waals surface area contributed by atoms with E-state index in [9.17, 15) is 0 Å². The van der Waals surface area contributed by atoms with Gasteiger partial charge < -0.3 is 13.7 Å². The predicted molar refractivity (Wildman–Crippen MR) is 283 cm³/mol. The lowest BCUT2D eigenvalue weighted by Crippen LogP contribution is -2.30. The fraction of sp³-hybridized carbons (Fsp3) is 0.143. The quantitative estimate of drug-likeness (QED) is 0.148. The molecule has 12 rings (SSSR count). The van der Waals surface area contributed by atoms with Crippen molar-refractivity contribution in [3.8, 4) is 33.6 Å². The molecule has 0 bridgehead atoms. The van der Waals surface area contributed by atoms with Crippen LogP contribution in [0.4, 0.5) is 26.3 Å². The summed E-state index contributed by atoms with van der Waals surface area (Å²) in [6, 6.07) is 53.7. The number of halogens is 6. The van der Waals surface area contributed by atoms with Crippen molar-refractivity contribution >= 4 is 65.4 Å². The third-order valence-corrected chi connectivity index (χ3v) is 14.6. The maximum Gasteiger partial charge on any atom is 0.416 e. The van der Waals surface area contributed by atoms with E-state index >= 15 is 26.3 Å². The van der Waals surface area contributed by atoms with Crippen LogP contribution in [-0.2, 0) is 17.9 Å². The lowest BCUT2D eigenvalue weighted by molar-refractivity contribution is -0.138. The molecule has 0 saturated carbocycles. The van der Waals surface area contributed by atoms with Crippen molar-refractivity contribution in [1.82, 2.24) is 13.7 Å². The summed E-state index contributed by atoms with van der Waals surface area (Å²) in [5, 5.41) is 5.74. The molecule has 0 unspecified atom stereocenters. The minimum absolute atomic E-state index is 0.256. The van der Waals surface area contributed by atoms with Crippen LogP contribution in [-0.4, -0.2) is 13.7 Å². The van der Waals surface area contributed by atoms with Gasteiger partial charge in [-0.05, 0) is 149 Å². The Morgan fingerprint density at radius 3 is 1.03 bits per heavy atom. The largest absolute Gasteiger partial charge is 0.416 e. The van der Waals surface area contributed by atoms with Crippen LogP contribution in [0.5, 0.6) is 0 Å². The summed E-state index contributed by atoms with van der Waals surface area (Å²) >= 11 is 0. The fourth-order valence-corrected chi connectivity index (χ4v) is 11.6. The summed E-state index contributed by atoms with van der Waals surface area (Å²) in [7, 11) is 0. The Kier molecular flexibility index (Phi) is 10.0. The van der Waals surface area contributed by atoms with E-state index in [2.05, 4.69) is 74.4 Å². The molecule has 12 aromatic rings. The van der Waals surface area contributed by atoms with E-state index in [1.54, 1.807) is 12.1 Å². The van der Waals surface area contributed by atoms with Gasteiger partial charge in [-0.3, -0.25) is 0 Å². The topological polar surface area (TPSA) is 14.8 Å². The minimum Gasteiger partial charge on any atom is -0.331 e. The molecular weight excluding hydrogens is 913 g/mol. The number of benzene rings is 9. The van der Waals surface area contributed by atoms with E-state index < -0.39 is 29.0 Å². The van der Waals surface area contributed by atoms with Crippen molar-refractivity contribution in [2.45, 2.75) is 59.4 Å². The smallest absolute Gasteiger partial charge is 0.331 e. The van der Waals surface area contributed by atoms with Crippen molar-refractivity contribution in [3.63, 3.8) is 0 Å². The third kappa shape index (κ3) is 6.95. The number of para-hydroxylation sites is 2. The summed E-state index contributed by atoms with van der Waals surface area (Å²) in [6.45, 7) is 12.2. The summed E-state index contributed by atoms with van der Waals surface area (Å²) in [5.74, 6) is 0. The van der Waals surface area contributed by atoms with Crippen LogP contribution in [0.1, 0.15) is 52.8 Å². The molecule has 0 fully saturated rings. The van der Waals surface area contributed by atoms with Gasteiger partial charge in [0.1, 0.15) is 0 Å². The molecular formula is C63H47F6N3. The molecule has 9 aromatic carbocycles. The van der Waals surface area contributed by atoms with E-state index in [0.717, 1.165) is 99.8 Å². The van der Waals surface area contributed by atoms with Crippen molar-refractivity contribution in [3.05, 3.63) is 215 Å². The zero-order chi connectivity index (χ0) is 50.2. The van der Waals surface area contributed by atoms with Crippen LogP contribution >= 0.6 is 0 Å². The monoisotopic (exact) mass is 959 g/mol. The Bertz CT molecular complexity index is 3840.